The first-order valence-electron chi connectivity index (χ1n) is 18.9. The van der Waals surface area contributed by atoms with Crippen molar-refractivity contribution >= 4 is 44.0 Å². The molecule has 0 saturated carbocycles. The van der Waals surface area contributed by atoms with Crippen LogP contribution in [-0.2, 0) is 40.1 Å². The molecule has 0 radical (unpaired) electrons. The maximum Gasteiger partial charge on any atom is 0.411 e. The van der Waals surface area contributed by atoms with Gasteiger partial charge in [0.2, 0.25) is 10.0 Å². The molecule has 0 fully saturated rings. The Balaban J connectivity index is 2.55. The summed E-state index contributed by atoms with van der Waals surface area (Å²) in [6.07, 6.45) is -1.98. The zero-order chi connectivity index (χ0) is 41.5. The third kappa shape index (κ3) is 19.6. The first-order chi connectivity index (χ1) is 25.5. The zero-order valence-corrected chi connectivity index (χ0v) is 38.0. The second-order valence-corrected chi connectivity index (χ2v) is 30.6. The molecule has 2 N–H and O–H groups in total. The normalized spacial score (nSPS) is 13.7. The molecule has 0 saturated heterocycles. The SMILES string of the molecule is COC(=O)Nc1cc(S(=O)(=O)N(CC(C)C)C[C@@H](OCOCC[Si](C)(C)C)[C@H](Cc2ccccc2)NC(=O)OC(C)(C)C)ccc1OCOCC[Si](C)(C)C. The second kappa shape index (κ2) is 22.1. The predicted octanol–water partition coefficient (Wildman–Crippen LogP) is 8.04. The third-order valence-corrected chi connectivity index (χ3v) is 13.3. The van der Waals surface area contributed by atoms with Crippen molar-refractivity contribution < 1.29 is 46.4 Å². The molecule has 2 rings (SSSR count). The molecule has 0 heterocycles. The number of sulfonamides is 1. The predicted molar refractivity (Wildman–Crippen MR) is 223 cm³/mol. The summed E-state index contributed by atoms with van der Waals surface area (Å²) in [7, 11) is -5.73. The van der Waals surface area contributed by atoms with Gasteiger partial charge in [0.25, 0.3) is 0 Å². The minimum Gasteiger partial charge on any atom is -0.465 e. The number of alkyl carbamates (subject to hydrolysis) is 1. The largest absolute Gasteiger partial charge is 0.465 e. The number of anilines is 1. The molecular weight excluding hydrogens is 759 g/mol. The van der Waals surface area contributed by atoms with Gasteiger partial charge in [0.15, 0.2) is 6.79 Å². The molecule has 13 nitrogen and oxygen atoms in total. The number of hydrogen-bond acceptors (Lipinski definition) is 10. The average Bonchev–Trinajstić information content (AvgIpc) is 3.05. The molecule has 0 unspecified atom stereocenters. The lowest BCUT2D eigenvalue weighted by Crippen LogP contribution is -2.53. The first kappa shape index (κ1) is 48.2. The van der Waals surface area contributed by atoms with Crippen molar-refractivity contribution in [1.29, 1.82) is 0 Å². The van der Waals surface area contributed by atoms with Gasteiger partial charge >= 0.3 is 12.2 Å². The maximum atomic E-state index is 14.6. The number of hydrogen-bond donors (Lipinski definition) is 2. The number of nitrogens with one attached hydrogen (secondary N) is 2. The van der Waals surface area contributed by atoms with Crippen LogP contribution < -0.4 is 15.4 Å². The molecule has 2 atom stereocenters. The fourth-order valence-electron chi connectivity index (χ4n) is 5.10. The van der Waals surface area contributed by atoms with E-state index in [0.717, 1.165) is 17.7 Å². The Morgan fingerprint density at radius 1 is 0.836 bits per heavy atom. The topological polar surface area (TPSA) is 151 Å². The zero-order valence-electron chi connectivity index (χ0n) is 35.2. The van der Waals surface area contributed by atoms with Crippen molar-refractivity contribution in [3.05, 3.63) is 54.1 Å². The molecule has 2 amide bonds. The molecule has 0 bridgehead atoms. The maximum absolute atomic E-state index is 14.6. The van der Waals surface area contributed by atoms with E-state index in [1.165, 1.54) is 29.6 Å². The van der Waals surface area contributed by atoms with Crippen molar-refractivity contribution in [2.75, 3.05) is 52.3 Å². The summed E-state index contributed by atoms with van der Waals surface area (Å²) in [5.74, 6) is 0.132. The molecular formula is C39H67N3O10SSi2. The summed E-state index contributed by atoms with van der Waals surface area (Å²) in [5, 5.41) is 5.55. The van der Waals surface area contributed by atoms with Gasteiger partial charge in [-0.1, -0.05) is 83.5 Å². The molecule has 16 heteroatoms. The first-order valence-corrected chi connectivity index (χ1v) is 27.8. The quantitative estimate of drug-likeness (QED) is 0.0640. The molecule has 0 aromatic heterocycles. The number of carbonyl (C=O) groups excluding carboxylic acids is 2. The van der Waals surface area contributed by atoms with Crippen molar-refractivity contribution in [2.45, 2.75) is 115 Å². The monoisotopic (exact) mass is 825 g/mol. The van der Waals surface area contributed by atoms with E-state index in [0.29, 0.717) is 19.6 Å². The van der Waals surface area contributed by atoms with E-state index in [9.17, 15) is 18.0 Å². The fraction of sp³-hybridized carbons (Fsp3) is 0.641. The molecule has 0 aliphatic carbocycles. The van der Waals surface area contributed by atoms with Crippen LogP contribution >= 0.6 is 0 Å². The minimum absolute atomic E-state index is 0.0848. The molecule has 2 aromatic rings. The van der Waals surface area contributed by atoms with Gasteiger partial charge in [-0.05, 0) is 69.0 Å². The smallest absolute Gasteiger partial charge is 0.411 e. The van der Waals surface area contributed by atoms with E-state index >= 15 is 0 Å². The molecule has 0 spiro atoms. The van der Waals surface area contributed by atoms with Crippen molar-refractivity contribution in [3.8, 4) is 5.75 Å². The summed E-state index contributed by atoms with van der Waals surface area (Å²) in [6.45, 7) is 23.5. The van der Waals surface area contributed by atoms with Gasteiger partial charge in [-0.15, -0.1) is 0 Å². The second-order valence-electron chi connectivity index (χ2n) is 17.5. The van der Waals surface area contributed by atoms with Crippen LogP contribution in [-0.4, -0.2) is 106 Å². The van der Waals surface area contributed by atoms with Crippen LogP contribution in [0.2, 0.25) is 51.4 Å². The van der Waals surface area contributed by atoms with Crippen LogP contribution in [0.5, 0.6) is 5.75 Å². The lowest BCUT2D eigenvalue weighted by atomic mass is 10.0. The van der Waals surface area contributed by atoms with Gasteiger partial charge in [0.1, 0.15) is 18.1 Å². The van der Waals surface area contributed by atoms with Crippen molar-refractivity contribution in [1.82, 2.24) is 9.62 Å². The highest BCUT2D eigenvalue weighted by Gasteiger charge is 2.34. The number of carbonyl (C=O) groups is 2. The number of nitrogens with zero attached hydrogens (tertiary/aromatic N) is 1. The van der Waals surface area contributed by atoms with Crippen LogP contribution in [0, 0.1) is 5.92 Å². The average molecular weight is 826 g/mol. The van der Waals surface area contributed by atoms with Gasteiger partial charge < -0.3 is 33.7 Å². The van der Waals surface area contributed by atoms with Crippen LogP contribution in [0.1, 0.15) is 40.2 Å². The van der Waals surface area contributed by atoms with Crippen LogP contribution in [0.4, 0.5) is 15.3 Å². The van der Waals surface area contributed by atoms with E-state index < -0.39 is 56.1 Å². The molecule has 0 aliphatic heterocycles. The molecule has 312 valence electrons. The number of methoxy groups -OCH3 is 1. The number of ether oxygens (including phenoxy) is 6. The standard InChI is InChI=1S/C39H67N3O10SSi2/c1-30(2)26-42(53(45,46)32-18-19-35(34(25-32)40-37(43)47-6)50-28-48-20-22-54(7,8)9)27-36(51-29-49-21-23-55(10,11)12)33(24-31-16-14-13-15-17-31)41-38(44)52-39(3,4)5/h13-19,25,30,33,36H,20-24,26-29H2,1-12H3,(H,40,43)(H,41,44)/t33-,36+/m0/s1. The summed E-state index contributed by atoms with van der Waals surface area (Å²) >= 11 is 0. The van der Waals surface area contributed by atoms with E-state index in [4.69, 9.17) is 28.4 Å². The lowest BCUT2D eigenvalue weighted by molar-refractivity contribution is -0.100. The van der Waals surface area contributed by atoms with Crippen molar-refractivity contribution in [3.63, 3.8) is 0 Å². The Labute approximate surface area is 332 Å². The Hall–Kier alpha value is -3.00. The summed E-state index contributed by atoms with van der Waals surface area (Å²) in [5.41, 5.74) is 0.244. The Bertz CT molecular complexity index is 1580. The van der Waals surface area contributed by atoms with E-state index in [1.807, 2.05) is 44.2 Å². The molecule has 55 heavy (non-hydrogen) atoms. The highest BCUT2D eigenvalue weighted by Crippen LogP contribution is 2.30. The Kier molecular flexibility index (Phi) is 19.3. The highest BCUT2D eigenvalue weighted by atomic mass is 32.2. The minimum atomic E-state index is -4.24. The van der Waals surface area contributed by atoms with Crippen molar-refractivity contribution in [2.24, 2.45) is 5.92 Å². The number of amides is 2. The van der Waals surface area contributed by atoms with Gasteiger partial charge in [-0.2, -0.15) is 4.31 Å². The van der Waals surface area contributed by atoms with E-state index in [2.05, 4.69) is 49.9 Å². The molecule has 0 aliphatic rings. The lowest BCUT2D eigenvalue weighted by Gasteiger charge is -2.34. The van der Waals surface area contributed by atoms with Gasteiger partial charge in [0.05, 0.1) is 29.8 Å². The van der Waals surface area contributed by atoms with Gasteiger partial charge in [0, 0.05) is 42.5 Å². The Morgan fingerprint density at radius 2 is 1.44 bits per heavy atom. The highest BCUT2D eigenvalue weighted by molar-refractivity contribution is 7.89. The summed E-state index contributed by atoms with van der Waals surface area (Å²) < 4.78 is 64.8. The third-order valence-electron chi connectivity index (χ3n) is 8.07. The molecule has 2 aromatic carbocycles. The summed E-state index contributed by atoms with van der Waals surface area (Å²) in [6, 6.07) is 15.0. The van der Waals surface area contributed by atoms with Crippen LogP contribution in [0.15, 0.2) is 53.4 Å². The van der Waals surface area contributed by atoms with Crippen LogP contribution in [0.3, 0.4) is 0 Å². The van der Waals surface area contributed by atoms with Gasteiger partial charge in [-0.3, -0.25) is 5.32 Å². The summed E-state index contributed by atoms with van der Waals surface area (Å²) in [4.78, 5) is 25.5. The number of benzene rings is 2. The van der Waals surface area contributed by atoms with E-state index in [-0.39, 0.29) is 48.9 Å². The fourth-order valence-corrected chi connectivity index (χ4v) is 8.25. The number of rotatable bonds is 23. The Morgan fingerprint density at radius 3 is 1.98 bits per heavy atom. The van der Waals surface area contributed by atoms with Crippen LogP contribution in [0.25, 0.3) is 0 Å². The van der Waals surface area contributed by atoms with E-state index in [1.54, 1.807) is 20.8 Å². The van der Waals surface area contributed by atoms with Gasteiger partial charge in [-0.25, -0.2) is 18.0 Å².